The first-order chi connectivity index (χ1) is 10.4. The molecule has 0 amide bonds. The van der Waals surface area contributed by atoms with Crippen LogP contribution in [0.3, 0.4) is 0 Å². The zero-order valence-electron chi connectivity index (χ0n) is 11.5. The number of benzene rings is 2. The highest BCUT2D eigenvalue weighted by molar-refractivity contribution is 5.51. The van der Waals surface area contributed by atoms with Gasteiger partial charge in [-0.1, -0.05) is 24.3 Å². The summed E-state index contributed by atoms with van der Waals surface area (Å²) in [6.07, 6.45) is 3.89. The van der Waals surface area contributed by atoms with Gasteiger partial charge in [0.25, 0.3) is 0 Å². The summed E-state index contributed by atoms with van der Waals surface area (Å²) in [4.78, 5) is 0. The lowest BCUT2D eigenvalue weighted by atomic mass is 10.1. The highest BCUT2D eigenvalue weighted by atomic mass is 15.5. The van der Waals surface area contributed by atoms with Crippen LogP contribution in [-0.4, -0.2) is 20.2 Å². The lowest BCUT2D eigenvalue weighted by Gasteiger charge is -2.15. The van der Waals surface area contributed by atoms with Gasteiger partial charge in [-0.15, -0.1) is 5.10 Å². The normalized spacial score (nSPS) is 16.7. The van der Waals surface area contributed by atoms with E-state index in [9.17, 15) is 0 Å². The molecule has 0 saturated carbocycles. The van der Waals surface area contributed by atoms with Crippen molar-refractivity contribution in [3.8, 4) is 5.69 Å². The monoisotopic (exact) mass is 277 g/mol. The quantitative estimate of drug-likeness (QED) is 0.799. The number of anilines is 1. The van der Waals surface area contributed by atoms with Crippen LogP contribution in [0.2, 0.25) is 0 Å². The summed E-state index contributed by atoms with van der Waals surface area (Å²) in [5.74, 6) is 0. The molecule has 0 fully saturated rings. The van der Waals surface area contributed by atoms with Crippen molar-refractivity contribution in [1.82, 2.24) is 20.2 Å². The van der Waals surface area contributed by atoms with Crippen LogP contribution in [0.5, 0.6) is 0 Å². The van der Waals surface area contributed by atoms with Gasteiger partial charge in [0.2, 0.25) is 0 Å². The number of nitrogens with one attached hydrogen (secondary N) is 1. The summed E-state index contributed by atoms with van der Waals surface area (Å²) in [6.45, 7) is 0. The molecule has 2 aromatic carbocycles. The van der Waals surface area contributed by atoms with Gasteiger partial charge in [-0.25, -0.2) is 4.68 Å². The van der Waals surface area contributed by atoms with Gasteiger partial charge in [-0.05, 0) is 58.7 Å². The molecule has 104 valence electrons. The van der Waals surface area contributed by atoms with Gasteiger partial charge in [-0.2, -0.15) is 0 Å². The summed E-state index contributed by atoms with van der Waals surface area (Å²) in [5.41, 5.74) is 4.95. The summed E-state index contributed by atoms with van der Waals surface area (Å²) >= 11 is 0. The number of fused-ring (bicyclic) bond motifs is 1. The molecule has 1 heterocycles. The van der Waals surface area contributed by atoms with Crippen LogP contribution in [0.1, 0.15) is 23.6 Å². The lowest BCUT2D eigenvalue weighted by molar-refractivity contribution is 0.761. The maximum absolute atomic E-state index is 3.88. The van der Waals surface area contributed by atoms with Crippen LogP contribution < -0.4 is 5.32 Å². The third kappa shape index (κ3) is 2.27. The molecule has 1 N–H and O–H groups in total. The van der Waals surface area contributed by atoms with Crippen molar-refractivity contribution in [3.05, 3.63) is 66.0 Å². The molecule has 1 aliphatic carbocycles. The Morgan fingerprint density at radius 3 is 2.71 bits per heavy atom. The Bertz CT molecular complexity index is 734. The molecule has 0 radical (unpaired) electrons. The second-order valence-electron chi connectivity index (χ2n) is 5.24. The number of tetrazole rings is 1. The van der Waals surface area contributed by atoms with Crippen molar-refractivity contribution in [2.45, 2.75) is 18.9 Å². The van der Waals surface area contributed by atoms with E-state index in [1.165, 1.54) is 11.1 Å². The molecule has 21 heavy (non-hydrogen) atoms. The van der Waals surface area contributed by atoms with Crippen LogP contribution >= 0.6 is 0 Å². The van der Waals surface area contributed by atoms with Gasteiger partial charge in [0.15, 0.2) is 0 Å². The molecular formula is C16H15N5. The molecule has 0 spiro atoms. The molecule has 0 saturated heterocycles. The zero-order valence-corrected chi connectivity index (χ0v) is 11.5. The molecule has 1 aromatic heterocycles. The average molecular weight is 277 g/mol. The fourth-order valence-electron chi connectivity index (χ4n) is 2.90. The van der Waals surface area contributed by atoms with Crippen molar-refractivity contribution in [3.63, 3.8) is 0 Å². The Hall–Kier alpha value is -2.69. The maximum atomic E-state index is 3.88. The second kappa shape index (κ2) is 5.01. The number of hydrogen-bond acceptors (Lipinski definition) is 4. The minimum Gasteiger partial charge on any atom is -0.378 e. The highest BCUT2D eigenvalue weighted by Gasteiger charge is 2.21. The minimum absolute atomic E-state index is 0.403. The van der Waals surface area contributed by atoms with Gasteiger partial charge < -0.3 is 5.32 Å². The topological polar surface area (TPSA) is 55.6 Å². The van der Waals surface area contributed by atoms with Crippen LogP contribution in [0.4, 0.5) is 5.69 Å². The molecule has 5 heteroatoms. The first kappa shape index (κ1) is 12.1. The maximum Gasteiger partial charge on any atom is 0.143 e. The van der Waals surface area contributed by atoms with E-state index in [1.807, 2.05) is 12.1 Å². The van der Waals surface area contributed by atoms with Gasteiger partial charge in [0.1, 0.15) is 6.33 Å². The van der Waals surface area contributed by atoms with Crippen LogP contribution in [0, 0.1) is 0 Å². The van der Waals surface area contributed by atoms with E-state index in [1.54, 1.807) is 11.0 Å². The van der Waals surface area contributed by atoms with E-state index in [2.05, 4.69) is 57.2 Å². The zero-order chi connectivity index (χ0) is 14.1. The first-order valence-corrected chi connectivity index (χ1v) is 7.08. The SMILES string of the molecule is c1ccc2c(c1)CCC2Nc1ccc(-n2cnnn2)cc1. The number of nitrogens with zero attached hydrogens (tertiary/aromatic N) is 4. The third-order valence-corrected chi connectivity index (χ3v) is 3.95. The van der Waals surface area contributed by atoms with Crippen molar-refractivity contribution in [2.75, 3.05) is 5.32 Å². The summed E-state index contributed by atoms with van der Waals surface area (Å²) in [5, 5.41) is 14.8. The van der Waals surface area contributed by atoms with E-state index in [0.29, 0.717) is 6.04 Å². The van der Waals surface area contributed by atoms with Crippen molar-refractivity contribution >= 4 is 5.69 Å². The summed E-state index contributed by atoms with van der Waals surface area (Å²) in [7, 11) is 0. The predicted octanol–water partition coefficient (Wildman–Crippen LogP) is 2.76. The summed E-state index contributed by atoms with van der Waals surface area (Å²) in [6, 6.07) is 17.2. The Morgan fingerprint density at radius 2 is 1.90 bits per heavy atom. The standard InChI is InChI=1S/C16H15N5/c1-2-4-15-12(3-1)5-10-16(15)18-13-6-8-14(9-7-13)21-11-17-19-20-21/h1-4,6-9,11,16,18H,5,10H2. The molecule has 4 rings (SSSR count). The number of hydrogen-bond donors (Lipinski definition) is 1. The smallest absolute Gasteiger partial charge is 0.143 e. The van der Waals surface area contributed by atoms with Gasteiger partial charge in [0.05, 0.1) is 11.7 Å². The highest BCUT2D eigenvalue weighted by Crippen LogP contribution is 2.33. The molecular weight excluding hydrogens is 262 g/mol. The third-order valence-electron chi connectivity index (χ3n) is 3.95. The fourth-order valence-corrected chi connectivity index (χ4v) is 2.90. The number of rotatable bonds is 3. The van der Waals surface area contributed by atoms with Crippen molar-refractivity contribution in [2.24, 2.45) is 0 Å². The molecule has 1 aliphatic rings. The van der Waals surface area contributed by atoms with Crippen LogP contribution in [0.15, 0.2) is 54.9 Å². The molecule has 0 bridgehead atoms. The van der Waals surface area contributed by atoms with Crippen molar-refractivity contribution < 1.29 is 0 Å². The Labute approximate surface area is 122 Å². The predicted molar refractivity (Wildman–Crippen MR) is 80.3 cm³/mol. The van der Waals surface area contributed by atoms with E-state index < -0.39 is 0 Å². The van der Waals surface area contributed by atoms with Crippen molar-refractivity contribution in [1.29, 1.82) is 0 Å². The number of aromatic nitrogens is 4. The molecule has 3 aromatic rings. The Kier molecular flexibility index (Phi) is 2.88. The van der Waals surface area contributed by atoms with Crippen LogP contribution in [-0.2, 0) is 6.42 Å². The largest absolute Gasteiger partial charge is 0.378 e. The molecule has 5 nitrogen and oxygen atoms in total. The molecule has 1 atom stereocenters. The molecule has 0 aliphatic heterocycles. The fraction of sp³-hybridized carbons (Fsp3) is 0.188. The van der Waals surface area contributed by atoms with E-state index in [-0.39, 0.29) is 0 Å². The summed E-state index contributed by atoms with van der Waals surface area (Å²) < 4.78 is 1.65. The minimum atomic E-state index is 0.403. The Balaban J connectivity index is 1.53. The van der Waals surface area contributed by atoms with Gasteiger partial charge in [0, 0.05) is 5.69 Å². The number of aryl methyl sites for hydroxylation is 1. The lowest BCUT2D eigenvalue weighted by Crippen LogP contribution is -2.07. The average Bonchev–Trinajstić information content (AvgIpc) is 3.19. The van der Waals surface area contributed by atoms with E-state index >= 15 is 0 Å². The van der Waals surface area contributed by atoms with E-state index in [0.717, 1.165) is 24.2 Å². The van der Waals surface area contributed by atoms with Crippen LogP contribution in [0.25, 0.3) is 5.69 Å². The molecule has 1 unspecified atom stereocenters. The second-order valence-corrected chi connectivity index (χ2v) is 5.24. The van der Waals surface area contributed by atoms with Gasteiger partial charge in [-0.3, -0.25) is 0 Å². The first-order valence-electron chi connectivity index (χ1n) is 7.08. The van der Waals surface area contributed by atoms with E-state index in [4.69, 9.17) is 0 Å². The van der Waals surface area contributed by atoms with Gasteiger partial charge >= 0.3 is 0 Å². The Morgan fingerprint density at radius 1 is 1.05 bits per heavy atom.